The first-order valence-electron chi connectivity index (χ1n) is 7.02. The molecule has 112 valence electrons. The van der Waals surface area contributed by atoms with Crippen LogP contribution in [0.15, 0.2) is 22.7 Å². The molecule has 0 radical (unpaired) electrons. The lowest BCUT2D eigenvalue weighted by Gasteiger charge is -2.39. The molecule has 1 aromatic carbocycles. The highest BCUT2D eigenvalue weighted by molar-refractivity contribution is 9.10. The molecular formula is C15H23BrN2O2. The molecule has 3 atom stereocenters. The van der Waals surface area contributed by atoms with Gasteiger partial charge >= 0.3 is 0 Å². The second kappa shape index (κ2) is 6.89. The van der Waals surface area contributed by atoms with Gasteiger partial charge in [-0.2, -0.15) is 0 Å². The van der Waals surface area contributed by atoms with Crippen LogP contribution in [0.1, 0.15) is 25.5 Å². The van der Waals surface area contributed by atoms with Gasteiger partial charge in [0, 0.05) is 28.8 Å². The summed E-state index contributed by atoms with van der Waals surface area (Å²) in [6.45, 7) is 5.73. The Morgan fingerprint density at radius 2 is 2.30 bits per heavy atom. The number of benzene rings is 1. The number of ether oxygens (including phenoxy) is 1. The molecule has 3 unspecified atom stereocenters. The minimum absolute atomic E-state index is 0.0687. The number of aliphatic hydroxyl groups excluding tert-OH is 1. The third-order valence-corrected chi connectivity index (χ3v) is 4.61. The van der Waals surface area contributed by atoms with Crippen LogP contribution in [0.2, 0.25) is 0 Å². The average molecular weight is 343 g/mol. The van der Waals surface area contributed by atoms with E-state index in [2.05, 4.69) is 58.2 Å². The van der Waals surface area contributed by atoms with E-state index < -0.39 is 0 Å². The number of rotatable bonds is 4. The molecule has 0 bridgehead atoms. The van der Waals surface area contributed by atoms with Crippen molar-refractivity contribution in [3.05, 3.63) is 28.2 Å². The first kappa shape index (κ1) is 15.8. The van der Waals surface area contributed by atoms with Crippen LogP contribution in [0, 0.1) is 0 Å². The number of nitrogens with zero attached hydrogens (tertiary/aromatic N) is 1. The second-order valence-electron chi connectivity index (χ2n) is 5.36. The third-order valence-electron chi connectivity index (χ3n) is 3.92. The highest BCUT2D eigenvalue weighted by Crippen LogP contribution is 2.30. The van der Waals surface area contributed by atoms with Crippen molar-refractivity contribution in [2.24, 2.45) is 0 Å². The molecule has 0 aliphatic carbocycles. The summed E-state index contributed by atoms with van der Waals surface area (Å²) < 4.78 is 6.69. The number of halogens is 1. The Morgan fingerprint density at radius 3 is 2.90 bits per heavy atom. The normalized spacial score (nSPS) is 24.8. The molecule has 0 amide bonds. The van der Waals surface area contributed by atoms with Crippen molar-refractivity contribution in [2.45, 2.75) is 32.0 Å². The van der Waals surface area contributed by atoms with Gasteiger partial charge in [0.25, 0.3) is 0 Å². The molecule has 2 N–H and O–H groups in total. The summed E-state index contributed by atoms with van der Waals surface area (Å²) >= 11 is 3.66. The Balaban J connectivity index is 2.21. The molecule has 1 fully saturated rings. The van der Waals surface area contributed by atoms with Gasteiger partial charge < -0.3 is 20.1 Å². The van der Waals surface area contributed by atoms with E-state index in [-0.39, 0.29) is 12.7 Å². The topological polar surface area (TPSA) is 44.7 Å². The number of nitrogens with one attached hydrogen (secondary N) is 1. The van der Waals surface area contributed by atoms with Crippen molar-refractivity contribution in [1.29, 1.82) is 0 Å². The molecule has 20 heavy (non-hydrogen) atoms. The molecule has 4 nitrogen and oxygen atoms in total. The number of hydrogen-bond donors (Lipinski definition) is 2. The van der Waals surface area contributed by atoms with E-state index in [0.29, 0.717) is 18.7 Å². The van der Waals surface area contributed by atoms with Crippen LogP contribution in [0.4, 0.5) is 5.69 Å². The van der Waals surface area contributed by atoms with E-state index in [9.17, 15) is 5.11 Å². The summed E-state index contributed by atoms with van der Waals surface area (Å²) in [5, 5.41) is 12.5. The highest BCUT2D eigenvalue weighted by atomic mass is 79.9. The van der Waals surface area contributed by atoms with Gasteiger partial charge in [0.1, 0.15) is 0 Å². The first-order chi connectivity index (χ1) is 9.56. The Hall–Kier alpha value is -0.620. The fraction of sp³-hybridized carbons (Fsp3) is 0.600. The number of morpholine rings is 1. The molecule has 0 aromatic heterocycles. The van der Waals surface area contributed by atoms with Gasteiger partial charge in [-0.1, -0.05) is 22.0 Å². The van der Waals surface area contributed by atoms with E-state index in [1.807, 2.05) is 7.05 Å². The maximum Gasteiger partial charge on any atom is 0.0981 e. The lowest BCUT2D eigenvalue weighted by atomic mass is 10.1. The number of hydrogen-bond acceptors (Lipinski definition) is 4. The molecule has 1 aromatic rings. The van der Waals surface area contributed by atoms with Crippen molar-refractivity contribution in [2.75, 3.05) is 31.7 Å². The van der Waals surface area contributed by atoms with Gasteiger partial charge in [0.15, 0.2) is 0 Å². The molecule has 2 rings (SSSR count). The molecule has 1 heterocycles. The summed E-state index contributed by atoms with van der Waals surface area (Å²) in [7, 11) is 1.96. The molecular weight excluding hydrogens is 320 g/mol. The van der Waals surface area contributed by atoms with Gasteiger partial charge in [-0.15, -0.1) is 0 Å². The minimum atomic E-state index is -0.0964. The fourth-order valence-corrected chi connectivity index (χ4v) is 3.20. The maximum atomic E-state index is 9.28. The van der Waals surface area contributed by atoms with Crippen LogP contribution in [0.25, 0.3) is 0 Å². The summed E-state index contributed by atoms with van der Waals surface area (Å²) in [5.41, 5.74) is 2.41. The van der Waals surface area contributed by atoms with E-state index in [0.717, 1.165) is 16.7 Å². The zero-order chi connectivity index (χ0) is 14.7. The first-order valence-corrected chi connectivity index (χ1v) is 7.82. The lowest BCUT2D eigenvalue weighted by Crippen LogP contribution is -2.49. The van der Waals surface area contributed by atoms with Gasteiger partial charge in [-0.05, 0) is 38.6 Å². The maximum absolute atomic E-state index is 9.28. The van der Waals surface area contributed by atoms with Crippen molar-refractivity contribution >= 4 is 21.6 Å². The summed E-state index contributed by atoms with van der Waals surface area (Å²) in [5.74, 6) is 0. The Morgan fingerprint density at radius 1 is 1.55 bits per heavy atom. The minimum Gasteiger partial charge on any atom is -0.394 e. The molecule has 5 heteroatoms. The van der Waals surface area contributed by atoms with Crippen LogP contribution in [-0.4, -0.2) is 44.1 Å². The quantitative estimate of drug-likeness (QED) is 0.881. The molecule has 1 aliphatic heterocycles. The van der Waals surface area contributed by atoms with Crippen molar-refractivity contribution in [1.82, 2.24) is 5.32 Å². The zero-order valence-electron chi connectivity index (χ0n) is 12.3. The monoisotopic (exact) mass is 342 g/mol. The smallest absolute Gasteiger partial charge is 0.0981 e. The Kier molecular flexibility index (Phi) is 5.43. The predicted octanol–water partition coefficient (Wildman–Crippen LogP) is 2.32. The van der Waals surface area contributed by atoms with Crippen LogP contribution in [0.5, 0.6) is 0 Å². The van der Waals surface area contributed by atoms with E-state index >= 15 is 0 Å². The van der Waals surface area contributed by atoms with Crippen molar-refractivity contribution in [3.8, 4) is 0 Å². The SMILES string of the molecule is CNC(C)c1ccc(N2CC(CO)OCC2C)cc1Br. The Bertz CT molecular complexity index is 455. The summed E-state index contributed by atoms with van der Waals surface area (Å²) in [4.78, 5) is 2.29. The van der Waals surface area contributed by atoms with E-state index in [4.69, 9.17) is 4.74 Å². The third kappa shape index (κ3) is 3.34. The zero-order valence-corrected chi connectivity index (χ0v) is 13.9. The summed E-state index contributed by atoms with van der Waals surface area (Å²) in [6, 6.07) is 7.07. The number of aliphatic hydroxyl groups is 1. The van der Waals surface area contributed by atoms with Gasteiger partial charge in [-0.25, -0.2) is 0 Å². The van der Waals surface area contributed by atoms with Gasteiger partial charge in [-0.3, -0.25) is 0 Å². The molecule has 1 aliphatic rings. The second-order valence-corrected chi connectivity index (χ2v) is 6.21. The van der Waals surface area contributed by atoms with E-state index in [1.54, 1.807) is 0 Å². The van der Waals surface area contributed by atoms with Crippen LogP contribution >= 0.6 is 15.9 Å². The summed E-state index contributed by atoms with van der Waals surface area (Å²) in [6.07, 6.45) is -0.0964. The molecule has 0 spiro atoms. The van der Waals surface area contributed by atoms with Crippen molar-refractivity contribution < 1.29 is 9.84 Å². The molecule has 0 saturated carbocycles. The lowest BCUT2D eigenvalue weighted by molar-refractivity contribution is -0.0103. The predicted molar refractivity (Wildman–Crippen MR) is 85.3 cm³/mol. The van der Waals surface area contributed by atoms with Crippen LogP contribution in [0.3, 0.4) is 0 Å². The molecule has 1 saturated heterocycles. The van der Waals surface area contributed by atoms with Crippen molar-refractivity contribution in [3.63, 3.8) is 0 Å². The van der Waals surface area contributed by atoms with Gasteiger partial charge in [0.2, 0.25) is 0 Å². The fourth-order valence-electron chi connectivity index (χ4n) is 2.49. The van der Waals surface area contributed by atoms with E-state index in [1.165, 1.54) is 5.56 Å². The standard InChI is InChI=1S/C15H23BrN2O2/c1-10-9-20-13(8-19)7-18(10)12-4-5-14(11(2)17-3)15(16)6-12/h4-6,10-11,13,17,19H,7-9H2,1-3H3. The van der Waals surface area contributed by atoms with Gasteiger partial charge in [0.05, 0.1) is 19.3 Å². The van der Waals surface area contributed by atoms with Crippen LogP contribution < -0.4 is 10.2 Å². The Labute approximate surface area is 129 Å². The van der Waals surface area contributed by atoms with Crippen LogP contribution in [-0.2, 0) is 4.74 Å². The largest absolute Gasteiger partial charge is 0.394 e. The highest BCUT2D eigenvalue weighted by Gasteiger charge is 2.26. The number of anilines is 1. The average Bonchev–Trinajstić information content (AvgIpc) is 2.47.